The van der Waals surface area contributed by atoms with E-state index >= 15 is 0 Å². The van der Waals surface area contributed by atoms with E-state index in [1.54, 1.807) is 48.5 Å². The molecular formula is C22H21N3O2. The zero-order valence-electron chi connectivity index (χ0n) is 14.8. The number of nitrogen functional groups attached to an aromatic ring is 1. The molecule has 0 aliphatic rings. The molecule has 0 aliphatic carbocycles. The molecule has 0 spiro atoms. The van der Waals surface area contributed by atoms with E-state index in [1.807, 2.05) is 30.3 Å². The van der Waals surface area contributed by atoms with E-state index in [-0.39, 0.29) is 11.8 Å². The SMILES string of the molecule is Nc1ccccc1NC(=O)c1ccc(NC(=O)CCc2ccccc2)cc1. The molecule has 0 radical (unpaired) electrons. The maximum atomic E-state index is 12.3. The minimum atomic E-state index is -0.255. The molecule has 0 bridgehead atoms. The van der Waals surface area contributed by atoms with Crippen molar-refractivity contribution >= 4 is 28.9 Å². The summed E-state index contributed by atoms with van der Waals surface area (Å²) in [4.78, 5) is 24.4. The molecule has 3 aromatic carbocycles. The molecule has 0 saturated heterocycles. The van der Waals surface area contributed by atoms with Crippen LogP contribution in [0.5, 0.6) is 0 Å². The van der Waals surface area contributed by atoms with Crippen molar-refractivity contribution in [3.05, 3.63) is 90.0 Å². The summed E-state index contributed by atoms with van der Waals surface area (Å²) in [5, 5.41) is 5.62. The minimum Gasteiger partial charge on any atom is -0.397 e. The molecule has 0 aliphatic heterocycles. The molecule has 0 atom stereocenters. The Morgan fingerprint density at radius 2 is 1.44 bits per heavy atom. The van der Waals surface area contributed by atoms with Gasteiger partial charge in [-0.2, -0.15) is 0 Å². The summed E-state index contributed by atoms with van der Waals surface area (Å²) < 4.78 is 0. The van der Waals surface area contributed by atoms with Crippen LogP contribution in [0.15, 0.2) is 78.9 Å². The first-order chi connectivity index (χ1) is 13.1. The Morgan fingerprint density at radius 3 is 2.15 bits per heavy atom. The number of hydrogen-bond acceptors (Lipinski definition) is 3. The monoisotopic (exact) mass is 359 g/mol. The molecule has 5 heteroatoms. The van der Waals surface area contributed by atoms with Crippen molar-refractivity contribution < 1.29 is 9.59 Å². The van der Waals surface area contributed by atoms with Crippen LogP contribution in [0, 0.1) is 0 Å². The highest BCUT2D eigenvalue weighted by Crippen LogP contribution is 2.18. The van der Waals surface area contributed by atoms with E-state index in [0.717, 1.165) is 5.56 Å². The predicted molar refractivity (Wildman–Crippen MR) is 109 cm³/mol. The van der Waals surface area contributed by atoms with Crippen LogP contribution in [0.2, 0.25) is 0 Å². The molecule has 5 nitrogen and oxygen atoms in total. The van der Waals surface area contributed by atoms with Crippen molar-refractivity contribution in [2.24, 2.45) is 0 Å². The summed E-state index contributed by atoms with van der Waals surface area (Å²) in [6.07, 6.45) is 1.09. The lowest BCUT2D eigenvalue weighted by Crippen LogP contribution is -2.14. The fourth-order valence-corrected chi connectivity index (χ4v) is 2.64. The summed E-state index contributed by atoms with van der Waals surface area (Å²) in [5.74, 6) is -0.317. The Morgan fingerprint density at radius 1 is 0.778 bits per heavy atom. The number of anilines is 3. The molecule has 2 amide bonds. The van der Waals surface area contributed by atoms with Gasteiger partial charge in [-0.05, 0) is 48.4 Å². The highest BCUT2D eigenvalue weighted by atomic mass is 16.2. The second kappa shape index (κ2) is 8.67. The zero-order valence-corrected chi connectivity index (χ0v) is 14.8. The number of nitrogens with one attached hydrogen (secondary N) is 2. The lowest BCUT2D eigenvalue weighted by molar-refractivity contribution is -0.116. The molecule has 0 heterocycles. The van der Waals surface area contributed by atoms with Gasteiger partial charge in [0.2, 0.25) is 5.91 Å². The Bertz CT molecular complexity index is 922. The van der Waals surface area contributed by atoms with Crippen LogP contribution in [0.25, 0.3) is 0 Å². The average molecular weight is 359 g/mol. The van der Waals surface area contributed by atoms with E-state index in [1.165, 1.54) is 0 Å². The second-order valence-electron chi connectivity index (χ2n) is 6.15. The van der Waals surface area contributed by atoms with Crippen LogP contribution < -0.4 is 16.4 Å². The maximum Gasteiger partial charge on any atom is 0.255 e. The summed E-state index contributed by atoms with van der Waals surface area (Å²) in [6.45, 7) is 0. The lowest BCUT2D eigenvalue weighted by atomic mass is 10.1. The molecule has 136 valence electrons. The molecule has 0 fully saturated rings. The Balaban J connectivity index is 1.54. The van der Waals surface area contributed by atoms with Gasteiger partial charge in [0, 0.05) is 17.7 Å². The highest BCUT2D eigenvalue weighted by molar-refractivity contribution is 6.06. The van der Waals surface area contributed by atoms with Crippen LogP contribution in [0.4, 0.5) is 17.1 Å². The van der Waals surface area contributed by atoms with E-state index in [4.69, 9.17) is 5.73 Å². The molecule has 0 unspecified atom stereocenters. The van der Waals surface area contributed by atoms with Crippen LogP contribution in [-0.4, -0.2) is 11.8 Å². The van der Waals surface area contributed by atoms with E-state index < -0.39 is 0 Å². The first kappa shape index (κ1) is 18.2. The largest absolute Gasteiger partial charge is 0.397 e. The van der Waals surface area contributed by atoms with Gasteiger partial charge in [-0.1, -0.05) is 42.5 Å². The van der Waals surface area contributed by atoms with Crippen molar-refractivity contribution in [2.75, 3.05) is 16.4 Å². The number of nitrogens with two attached hydrogens (primary N) is 1. The molecule has 0 aromatic heterocycles. The van der Waals surface area contributed by atoms with Crippen molar-refractivity contribution in [1.82, 2.24) is 0 Å². The van der Waals surface area contributed by atoms with Gasteiger partial charge in [0.05, 0.1) is 11.4 Å². The van der Waals surface area contributed by atoms with E-state index in [9.17, 15) is 9.59 Å². The number of amides is 2. The number of carbonyl (C=O) groups is 2. The van der Waals surface area contributed by atoms with Crippen LogP contribution in [-0.2, 0) is 11.2 Å². The third-order valence-corrected chi connectivity index (χ3v) is 4.12. The van der Waals surface area contributed by atoms with Gasteiger partial charge in [0.15, 0.2) is 0 Å². The van der Waals surface area contributed by atoms with Gasteiger partial charge in [0.25, 0.3) is 5.91 Å². The fraction of sp³-hybridized carbons (Fsp3) is 0.0909. The summed E-state index contributed by atoms with van der Waals surface area (Å²) in [7, 11) is 0. The Hall–Kier alpha value is -3.60. The standard InChI is InChI=1S/C22H21N3O2/c23-19-8-4-5-9-20(19)25-22(27)17-11-13-18(14-12-17)24-21(26)15-10-16-6-2-1-3-7-16/h1-9,11-14H,10,15,23H2,(H,24,26)(H,25,27). The van der Waals surface area contributed by atoms with Gasteiger partial charge < -0.3 is 16.4 Å². The zero-order chi connectivity index (χ0) is 19.1. The maximum absolute atomic E-state index is 12.3. The first-order valence-corrected chi connectivity index (χ1v) is 8.71. The number of benzene rings is 3. The summed E-state index contributed by atoms with van der Waals surface area (Å²) in [6, 6.07) is 23.7. The normalized spacial score (nSPS) is 10.2. The average Bonchev–Trinajstić information content (AvgIpc) is 2.69. The van der Waals surface area contributed by atoms with Crippen LogP contribution >= 0.6 is 0 Å². The van der Waals surface area contributed by atoms with Crippen LogP contribution in [0.1, 0.15) is 22.3 Å². The van der Waals surface area contributed by atoms with Gasteiger partial charge in [0.1, 0.15) is 0 Å². The third-order valence-electron chi connectivity index (χ3n) is 4.12. The van der Waals surface area contributed by atoms with Crippen molar-refractivity contribution in [3.63, 3.8) is 0 Å². The van der Waals surface area contributed by atoms with Gasteiger partial charge in [-0.25, -0.2) is 0 Å². The van der Waals surface area contributed by atoms with Crippen LogP contribution in [0.3, 0.4) is 0 Å². The number of carbonyl (C=O) groups excluding carboxylic acids is 2. The molecule has 27 heavy (non-hydrogen) atoms. The van der Waals surface area contributed by atoms with E-state index in [2.05, 4.69) is 10.6 Å². The summed E-state index contributed by atoms with van der Waals surface area (Å²) >= 11 is 0. The van der Waals surface area contributed by atoms with Crippen molar-refractivity contribution in [3.8, 4) is 0 Å². The highest BCUT2D eigenvalue weighted by Gasteiger charge is 2.09. The third kappa shape index (κ3) is 5.19. The van der Waals surface area contributed by atoms with Gasteiger partial charge >= 0.3 is 0 Å². The fourth-order valence-electron chi connectivity index (χ4n) is 2.64. The number of rotatable bonds is 6. The van der Waals surface area contributed by atoms with Crippen molar-refractivity contribution in [1.29, 1.82) is 0 Å². The molecule has 3 aromatic rings. The number of para-hydroxylation sites is 2. The predicted octanol–water partition coefficient (Wildman–Crippen LogP) is 4.09. The van der Waals surface area contributed by atoms with Crippen molar-refractivity contribution in [2.45, 2.75) is 12.8 Å². The second-order valence-corrected chi connectivity index (χ2v) is 6.15. The molecule has 3 rings (SSSR count). The molecule has 0 saturated carbocycles. The van der Waals surface area contributed by atoms with Gasteiger partial charge in [-0.15, -0.1) is 0 Å². The molecular weight excluding hydrogens is 338 g/mol. The lowest BCUT2D eigenvalue weighted by Gasteiger charge is -2.09. The smallest absolute Gasteiger partial charge is 0.255 e. The topological polar surface area (TPSA) is 84.2 Å². The minimum absolute atomic E-state index is 0.0619. The summed E-state index contributed by atoms with van der Waals surface area (Å²) in [5.41, 5.74) is 9.18. The Labute approximate surface area is 158 Å². The number of aryl methyl sites for hydroxylation is 1. The first-order valence-electron chi connectivity index (χ1n) is 8.71. The quantitative estimate of drug-likeness (QED) is 0.580. The van der Waals surface area contributed by atoms with Gasteiger partial charge in [-0.3, -0.25) is 9.59 Å². The molecule has 4 N–H and O–H groups in total. The number of hydrogen-bond donors (Lipinski definition) is 3. The van der Waals surface area contributed by atoms with E-state index in [0.29, 0.717) is 35.5 Å². The Kier molecular flexibility index (Phi) is 5.84.